The number of carbonyl (C=O) groups excluding carboxylic acids is 1. The van der Waals surface area contributed by atoms with Crippen LogP contribution in [-0.4, -0.2) is 53.3 Å². The van der Waals surface area contributed by atoms with E-state index in [-0.39, 0.29) is 23.7 Å². The van der Waals surface area contributed by atoms with Crippen LogP contribution < -0.4 is 5.43 Å². The van der Waals surface area contributed by atoms with Crippen molar-refractivity contribution in [2.45, 2.75) is 19.3 Å². The van der Waals surface area contributed by atoms with Crippen LogP contribution in [0.5, 0.6) is 5.75 Å². The Morgan fingerprint density at radius 1 is 1.18 bits per heavy atom. The Morgan fingerprint density at radius 2 is 1.82 bits per heavy atom. The van der Waals surface area contributed by atoms with Crippen molar-refractivity contribution >= 4 is 11.9 Å². The van der Waals surface area contributed by atoms with Gasteiger partial charge in [0.2, 0.25) is 17.1 Å². The van der Waals surface area contributed by atoms with Gasteiger partial charge >= 0.3 is 5.97 Å². The number of rotatable bonds is 5. The van der Waals surface area contributed by atoms with E-state index >= 15 is 0 Å². The van der Waals surface area contributed by atoms with Gasteiger partial charge in [0.1, 0.15) is 5.76 Å². The first-order valence-electron chi connectivity index (χ1n) is 8.89. The minimum Gasteiger partial charge on any atom is -0.502 e. The Morgan fingerprint density at radius 3 is 2.43 bits per heavy atom. The Kier molecular flexibility index (Phi) is 5.79. The number of aryl methyl sites for hydroxylation is 1. The van der Waals surface area contributed by atoms with E-state index < -0.39 is 23.1 Å². The fraction of sp³-hybridized carbons (Fsp3) is 0.350. The van der Waals surface area contributed by atoms with Crippen molar-refractivity contribution in [1.82, 2.24) is 4.90 Å². The van der Waals surface area contributed by atoms with Crippen LogP contribution in [0.25, 0.3) is 0 Å². The minimum atomic E-state index is -1.07. The molecule has 1 amide bonds. The Bertz CT molecular complexity index is 927. The molecule has 0 radical (unpaired) electrons. The van der Waals surface area contributed by atoms with Crippen molar-refractivity contribution in [3.8, 4) is 5.75 Å². The highest BCUT2D eigenvalue weighted by Crippen LogP contribution is 2.33. The number of ether oxygens (including phenoxy) is 1. The van der Waals surface area contributed by atoms with Gasteiger partial charge in [-0.2, -0.15) is 0 Å². The van der Waals surface area contributed by atoms with E-state index in [0.29, 0.717) is 37.6 Å². The number of hydrogen-bond acceptors (Lipinski definition) is 6. The van der Waals surface area contributed by atoms with Gasteiger partial charge in [-0.15, -0.1) is 0 Å². The molecule has 1 aliphatic heterocycles. The fourth-order valence-corrected chi connectivity index (χ4v) is 3.20. The van der Waals surface area contributed by atoms with Gasteiger partial charge in [-0.25, -0.2) is 4.79 Å². The second-order valence-electron chi connectivity index (χ2n) is 6.61. The first-order valence-corrected chi connectivity index (χ1v) is 8.89. The summed E-state index contributed by atoms with van der Waals surface area (Å²) in [4.78, 5) is 37.6. The van der Waals surface area contributed by atoms with Crippen LogP contribution in [0.2, 0.25) is 0 Å². The normalized spacial score (nSPS) is 15.2. The van der Waals surface area contributed by atoms with Gasteiger partial charge in [0.05, 0.1) is 24.7 Å². The van der Waals surface area contributed by atoms with Crippen molar-refractivity contribution in [2.75, 3.05) is 26.3 Å². The number of aromatic hydroxyl groups is 1. The average molecular weight is 387 g/mol. The van der Waals surface area contributed by atoms with Gasteiger partial charge in [0.15, 0.2) is 5.76 Å². The average Bonchev–Trinajstić information content (AvgIpc) is 2.69. The number of benzene rings is 1. The molecule has 2 N–H and O–H groups in total. The quantitative estimate of drug-likeness (QED) is 0.802. The number of carboxylic acids is 1. The predicted octanol–water partition coefficient (Wildman–Crippen LogP) is 1.73. The molecule has 1 aromatic heterocycles. The highest BCUT2D eigenvalue weighted by atomic mass is 16.5. The molecule has 2 aromatic rings. The van der Waals surface area contributed by atoms with E-state index in [0.717, 1.165) is 0 Å². The summed E-state index contributed by atoms with van der Waals surface area (Å²) in [5.41, 5.74) is 0.0670. The summed E-state index contributed by atoms with van der Waals surface area (Å²) in [7, 11) is 0. The lowest BCUT2D eigenvalue weighted by atomic mass is 9.91. The Hall–Kier alpha value is -3.13. The summed E-state index contributed by atoms with van der Waals surface area (Å²) in [6.45, 7) is 3.42. The Balaban J connectivity index is 1.99. The summed E-state index contributed by atoms with van der Waals surface area (Å²) in [6, 6.07) is 7.11. The highest BCUT2D eigenvalue weighted by molar-refractivity contribution is 5.87. The zero-order valence-corrected chi connectivity index (χ0v) is 15.4. The Labute approximate surface area is 161 Å². The van der Waals surface area contributed by atoms with E-state index in [1.807, 2.05) is 0 Å². The molecular formula is C20H21NO7. The van der Waals surface area contributed by atoms with Gasteiger partial charge in [-0.3, -0.25) is 9.59 Å². The number of aromatic carboxylic acids is 1. The van der Waals surface area contributed by atoms with Crippen LogP contribution in [0, 0.1) is 6.92 Å². The van der Waals surface area contributed by atoms with Crippen LogP contribution in [0.3, 0.4) is 0 Å². The van der Waals surface area contributed by atoms with Gasteiger partial charge in [0, 0.05) is 25.6 Å². The van der Waals surface area contributed by atoms with E-state index in [2.05, 4.69) is 0 Å². The maximum atomic E-state index is 12.8. The first-order chi connectivity index (χ1) is 13.4. The van der Waals surface area contributed by atoms with Crippen molar-refractivity contribution in [2.24, 2.45) is 0 Å². The minimum absolute atomic E-state index is 0.00492. The van der Waals surface area contributed by atoms with Crippen molar-refractivity contribution in [3.63, 3.8) is 0 Å². The highest BCUT2D eigenvalue weighted by Gasteiger charge is 2.28. The van der Waals surface area contributed by atoms with Crippen LogP contribution in [0.1, 0.15) is 39.8 Å². The number of nitrogens with zero attached hydrogens (tertiary/aromatic N) is 1. The van der Waals surface area contributed by atoms with E-state index in [9.17, 15) is 19.5 Å². The zero-order valence-electron chi connectivity index (χ0n) is 15.4. The standard InChI is InChI=1S/C20H21NO7/c1-12-10-16(22)18(24)19(28-12)15(11-17(23)21-6-8-27-9-7-21)13-2-4-14(5-3-13)20(25)26/h2-5,10,15,24H,6-9,11H2,1H3,(H,25,26)/t15-/m0/s1. The summed E-state index contributed by atoms with van der Waals surface area (Å²) < 4.78 is 10.9. The molecule has 8 heteroatoms. The molecule has 148 valence electrons. The van der Waals surface area contributed by atoms with Crippen LogP contribution in [0.15, 0.2) is 39.5 Å². The van der Waals surface area contributed by atoms with Gasteiger partial charge < -0.3 is 24.3 Å². The van der Waals surface area contributed by atoms with E-state index in [4.69, 9.17) is 14.3 Å². The molecule has 0 saturated carbocycles. The summed E-state index contributed by atoms with van der Waals surface area (Å²) in [5.74, 6) is -2.21. The zero-order chi connectivity index (χ0) is 20.3. The number of carbonyl (C=O) groups is 2. The molecular weight excluding hydrogens is 366 g/mol. The third-order valence-electron chi connectivity index (χ3n) is 4.69. The van der Waals surface area contributed by atoms with E-state index in [1.54, 1.807) is 24.0 Å². The third-order valence-corrected chi connectivity index (χ3v) is 4.69. The van der Waals surface area contributed by atoms with Crippen LogP contribution in [-0.2, 0) is 9.53 Å². The number of amides is 1. The lowest BCUT2D eigenvalue weighted by Gasteiger charge is -2.28. The summed E-state index contributed by atoms with van der Waals surface area (Å²) in [6.07, 6.45) is -0.0353. The SMILES string of the molecule is Cc1cc(=O)c(O)c([C@@H](CC(=O)N2CCOCC2)c2ccc(C(=O)O)cc2)o1. The summed E-state index contributed by atoms with van der Waals surface area (Å²) >= 11 is 0. The molecule has 1 aliphatic rings. The van der Waals surface area contributed by atoms with Crippen LogP contribution in [0.4, 0.5) is 0 Å². The second kappa shape index (κ2) is 8.26. The number of morpholine rings is 1. The van der Waals surface area contributed by atoms with Gasteiger partial charge in [0.25, 0.3) is 0 Å². The maximum absolute atomic E-state index is 12.8. The number of hydrogen-bond donors (Lipinski definition) is 2. The first kappa shape index (κ1) is 19.6. The van der Waals surface area contributed by atoms with E-state index in [1.165, 1.54) is 18.2 Å². The fourth-order valence-electron chi connectivity index (χ4n) is 3.20. The molecule has 28 heavy (non-hydrogen) atoms. The maximum Gasteiger partial charge on any atom is 0.335 e. The molecule has 0 aliphatic carbocycles. The third kappa shape index (κ3) is 4.23. The molecule has 0 bridgehead atoms. The molecule has 0 unspecified atom stereocenters. The lowest BCUT2D eigenvalue weighted by Crippen LogP contribution is -2.41. The smallest absolute Gasteiger partial charge is 0.335 e. The van der Waals surface area contributed by atoms with Crippen molar-refractivity contribution in [3.05, 3.63) is 63.2 Å². The van der Waals surface area contributed by atoms with Crippen molar-refractivity contribution < 1.29 is 29.0 Å². The molecule has 8 nitrogen and oxygen atoms in total. The second-order valence-corrected chi connectivity index (χ2v) is 6.61. The molecule has 0 spiro atoms. The molecule has 3 rings (SSSR count). The van der Waals surface area contributed by atoms with Gasteiger partial charge in [-0.05, 0) is 24.6 Å². The largest absolute Gasteiger partial charge is 0.502 e. The number of carboxylic acid groups (broad SMARTS) is 1. The molecule has 1 atom stereocenters. The monoisotopic (exact) mass is 387 g/mol. The molecule has 1 saturated heterocycles. The molecule has 2 heterocycles. The predicted molar refractivity (Wildman–Crippen MR) is 98.6 cm³/mol. The van der Waals surface area contributed by atoms with Crippen LogP contribution >= 0.6 is 0 Å². The molecule has 1 fully saturated rings. The van der Waals surface area contributed by atoms with Crippen molar-refractivity contribution in [1.29, 1.82) is 0 Å². The molecule has 1 aromatic carbocycles. The topological polar surface area (TPSA) is 117 Å². The summed E-state index contributed by atoms with van der Waals surface area (Å²) in [5, 5.41) is 19.4. The lowest BCUT2D eigenvalue weighted by molar-refractivity contribution is -0.135. The van der Waals surface area contributed by atoms with Gasteiger partial charge in [-0.1, -0.05) is 12.1 Å².